The van der Waals surface area contributed by atoms with Crippen molar-refractivity contribution in [3.63, 3.8) is 0 Å². The fourth-order valence-electron chi connectivity index (χ4n) is 1.06. The normalized spacial score (nSPS) is 13.1. The maximum atomic E-state index is 11.5. The fourth-order valence-corrected chi connectivity index (χ4v) is 1.06. The van der Waals surface area contributed by atoms with Crippen LogP contribution in [0.25, 0.3) is 0 Å². The Hall–Kier alpha value is -1.06. The monoisotopic (exact) mass is 187 g/mol. The number of ketones is 1. The average molecular weight is 187 g/mol. The quantitative estimate of drug-likeness (QED) is 0.701. The lowest BCUT2D eigenvalue weighted by molar-refractivity contribution is -0.124. The van der Waals surface area contributed by atoms with Gasteiger partial charge in [-0.15, -0.1) is 0 Å². The van der Waals surface area contributed by atoms with Crippen molar-refractivity contribution >= 4 is 11.9 Å². The van der Waals surface area contributed by atoms with Crippen LogP contribution in [0.2, 0.25) is 0 Å². The van der Waals surface area contributed by atoms with Crippen LogP contribution < -0.4 is 5.32 Å². The van der Waals surface area contributed by atoms with E-state index in [9.17, 15) is 9.59 Å². The highest BCUT2D eigenvalue weighted by atomic mass is 16.4. The molecule has 0 unspecified atom stereocenters. The van der Waals surface area contributed by atoms with Gasteiger partial charge in [-0.3, -0.25) is 4.79 Å². The minimum atomic E-state index is -1.15. The first-order chi connectivity index (χ1) is 5.86. The molecule has 76 valence electrons. The third-order valence-corrected chi connectivity index (χ3v) is 1.82. The molecule has 0 rings (SSSR count). The summed E-state index contributed by atoms with van der Waals surface area (Å²) in [6, 6.07) is -0.586. The standard InChI is InChI=1S/C9H17NO3/c1-5(2)7(10-9(12)13)8(11)6(3)4/h5-7,10H,1-4H3,(H,12,13)/t7-/m0/s1. The number of carboxylic acid groups (broad SMARTS) is 1. The molecule has 2 N–H and O–H groups in total. The molecule has 0 fully saturated rings. The maximum absolute atomic E-state index is 11.5. The second kappa shape index (κ2) is 4.84. The van der Waals surface area contributed by atoms with Crippen LogP contribution in [0.1, 0.15) is 27.7 Å². The fraction of sp³-hybridized carbons (Fsp3) is 0.778. The van der Waals surface area contributed by atoms with E-state index in [4.69, 9.17) is 5.11 Å². The van der Waals surface area contributed by atoms with E-state index in [1.54, 1.807) is 13.8 Å². The Morgan fingerprint density at radius 2 is 1.62 bits per heavy atom. The van der Waals surface area contributed by atoms with E-state index >= 15 is 0 Å². The van der Waals surface area contributed by atoms with Crippen molar-refractivity contribution in [2.75, 3.05) is 0 Å². The molecule has 0 aromatic heterocycles. The molecule has 1 amide bonds. The number of amides is 1. The predicted molar refractivity (Wildman–Crippen MR) is 49.6 cm³/mol. The van der Waals surface area contributed by atoms with Gasteiger partial charge in [0.2, 0.25) is 0 Å². The van der Waals surface area contributed by atoms with Gasteiger partial charge in [-0.1, -0.05) is 27.7 Å². The van der Waals surface area contributed by atoms with Crippen molar-refractivity contribution < 1.29 is 14.7 Å². The van der Waals surface area contributed by atoms with Crippen molar-refractivity contribution in [1.82, 2.24) is 5.32 Å². The topological polar surface area (TPSA) is 66.4 Å². The highest BCUT2D eigenvalue weighted by molar-refractivity contribution is 5.88. The molecule has 0 aromatic rings. The van der Waals surface area contributed by atoms with Gasteiger partial charge in [0.15, 0.2) is 5.78 Å². The van der Waals surface area contributed by atoms with Crippen molar-refractivity contribution in [2.24, 2.45) is 11.8 Å². The summed E-state index contributed by atoms with van der Waals surface area (Å²) in [5.41, 5.74) is 0. The largest absolute Gasteiger partial charge is 0.465 e. The Balaban J connectivity index is 4.42. The lowest BCUT2D eigenvalue weighted by Crippen LogP contribution is -2.45. The summed E-state index contributed by atoms with van der Waals surface area (Å²) in [5, 5.41) is 10.7. The lowest BCUT2D eigenvalue weighted by Gasteiger charge is -2.21. The molecular formula is C9H17NO3. The van der Waals surface area contributed by atoms with Crippen LogP contribution in [0.3, 0.4) is 0 Å². The van der Waals surface area contributed by atoms with Crippen molar-refractivity contribution in [3.05, 3.63) is 0 Å². The molecule has 4 nitrogen and oxygen atoms in total. The van der Waals surface area contributed by atoms with E-state index in [1.165, 1.54) is 0 Å². The summed E-state index contributed by atoms with van der Waals surface area (Å²) < 4.78 is 0. The second-order valence-corrected chi connectivity index (χ2v) is 3.73. The first-order valence-electron chi connectivity index (χ1n) is 4.39. The summed E-state index contributed by atoms with van der Waals surface area (Å²) in [7, 11) is 0. The van der Waals surface area contributed by atoms with Crippen molar-refractivity contribution in [2.45, 2.75) is 33.7 Å². The van der Waals surface area contributed by atoms with E-state index in [0.29, 0.717) is 0 Å². The van der Waals surface area contributed by atoms with Crippen LogP contribution in [-0.2, 0) is 4.79 Å². The van der Waals surface area contributed by atoms with E-state index in [-0.39, 0.29) is 17.6 Å². The summed E-state index contributed by atoms with van der Waals surface area (Å²) >= 11 is 0. The molecule has 0 saturated heterocycles. The first kappa shape index (κ1) is 11.9. The van der Waals surface area contributed by atoms with Gasteiger partial charge in [-0.2, -0.15) is 0 Å². The Morgan fingerprint density at radius 1 is 1.15 bits per heavy atom. The summed E-state index contributed by atoms with van der Waals surface area (Å²) in [6.07, 6.45) is -1.15. The maximum Gasteiger partial charge on any atom is 0.405 e. The highest BCUT2D eigenvalue weighted by Gasteiger charge is 2.25. The third kappa shape index (κ3) is 3.92. The Morgan fingerprint density at radius 3 is 1.85 bits per heavy atom. The molecule has 0 aliphatic heterocycles. The predicted octanol–water partition coefficient (Wildman–Crippen LogP) is 1.50. The van der Waals surface area contributed by atoms with E-state index < -0.39 is 12.1 Å². The zero-order valence-corrected chi connectivity index (χ0v) is 8.50. The smallest absolute Gasteiger partial charge is 0.405 e. The lowest BCUT2D eigenvalue weighted by atomic mass is 9.93. The molecule has 0 heterocycles. The van der Waals surface area contributed by atoms with Crippen LogP contribution in [-0.4, -0.2) is 23.0 Å². The van der Waals surface area contributed by atoms with Gasteiger partial charge >= 0.3 is 6.09 Å². The Kier molecular flexibility index (Phi) is 4.45. The van der Waals surface area contributed by atoms with Gasteiger partial charge in [0, 0.05) is 5.92 Å². The molecule has 4 heteroatoms. The second-order valence-electron chi connectivity index (χ2n) is 3.73. The summed E-state index contributed by atoms with van der Waals surface area (Å²) in [4.78, 5) is 21.9. The van der Waals surface area contributed by atoms with Crippen molar-refractivity contribution in [3.8, 4) is 0 Å². The Bertz CT molecular complexity index is 199. The molecule has 0 aliphatic carbocycles. The van der Waals surface area contributed by atoms with Crippen LogP contribution in [0, 0.1) is 11.8 Å². The average Bonchev–Trinajstić information content (AvgIpc) is 1.97. The molecule has 13 heavy (non-hydrogen) atoms. The van der Waals surface area contributed by atoms with Gasteiger partial charge in [0.1, 0.15) is 0 Å². The van der Waals surface area contributed by atoms with Crippen LogP contribution >= 0.6 is 0 Å². The van der Waals surface area contributed by atoms with Gasteiger partial charge in [-0.25, -0.2) is 4.79 Å². The van der Waals surface area contributed by atoms with Gasteiger partial charge < -0.3 is 10.4 Å². The summed E-state index contributed by atoms with van der Waals surface area (Å²) in [6.45, 7) is 7.17. The zero-order chi connectivity index (χ0) is 10.6. The number of nitrogens with one attached hydrogen (secondary N) is 1. The molecule has 0 aromatic carbocycles. The van der Waals surface area contributed by atoms with Crippen molar-refractivity contribution in [1.29, 1.82) is 0 Å². The van der Waals surface area contributed by atoms with E-state index in [2.05, 4.69) is 5.32 Å². The molecule has 0 saturated carbocycles. The highest BCUT2D eigenvalue weighted by Crippen LogP contribution is 2.08. The van der Waals surface area contributed by atoms with Gasteiger partial charge in [-0.05, 0) is 5.92 Å². The first-order valence-corrected chi connectivity index (χ1v) is 4.39. The number of rotatable bonds is 4. The number of hydrogen-bond acceptors (Lipinski definition) is 2. The molecule has 0 spiro atoms. The summed E-state index contributed by atoms with van der Waals surface area (Å²) in [5.74, 6) is -0.206. The zero-order valence-electron chi connectivity index (χ0n) is 8.50. The number of carbonyl (C=O) groups excluding carboxylic acids is 1. The minimum absolute atomic E-state index is 0.00833. The van der Waals surface area contributed by atoms with Gasteiger partial charge in [0.05, 0.1) is 6.04 Å². The number of Topliss-reactive ketones (excluding diaryl/α,β-unsaturated/α-hetero) is 1. The Labute approximate surface area is 78.3 Å². The SMILES string of the molecule is CC(C)C(=O)[C@@H](NC(=O)O)C(C)C. The van der Waals surface area contributed by atoms with E-state index in [1.807, 2.05) is 13.8 Å². The van der Waals surface area contributed by atoms with Crippen LogP contribution in [0.5, 0.6) is 0 Å². The number of carbonyl (C=O) groups is 2. The molecule has 1 atom stereocenters. The molecule has 0 aliphatic rings. The number of hydrogen-bond donors (Lipinski definition) is 2. The van der Waals surface area contributed by atoms with E-state index in [0.717, 1.165) is 0 Å². The third-order valence-electron chi connectivity index (χ3n) is 1.82. The molecule has 0 radical (unpaired) electrons. The minimum Gasteiger partial charge on any atom is -0.465 e. The van der Waals surface area contributed by atoms with Gasteiger partial charge in [0.25, 0.3) is 0 Å². The van der Waals surface area contributed by atoms with Crippen LogP contribution in [0.4, 0.5) is 4.79 Å². The van der Waals surface area contributed by atoms with Crippen LogP contribution in [0.15, 0.2) is 0 Å². The molecular weight excluding hydrogens is 170 g/mol. The molecule has 0 bridgehead atoms.